The molecule has 1 saturated carbocycles. The molecule has 0 aromatic heterocycles. The van der Waals surface area contributed by atoms with Crippen LogP contribution in [0, 0.1) is 5.92 Å². The van der Waals surface area contributed by atoms with Gasteiger partial charge in [-0.25, -0.2) is 0 Å². The van der Waals surface area contributed by atoms with Crippen LogP contribution >= 0.6 is 0 Å². The van der Waals surface area contributed by atoms with Gasteiger partial charge in [0.1, 0.15) is 5.75 Å². The maximum atomic E-state index is 12.6. The van der Waals surface area contributed by atoms with E-state index < -0.39 is 5.91 Å². The van der Waals surface area contributed by atoms with Crippen LogP contribution in [0.3, 0.4) is 0 Å². The zero-order chi connectivity index (χ0) is 18.5. The number of aliphatic hydroxyl groups excluding tert-OH is 1. The lowest BCUT2D eigenvalue weighted by Gasteiger charge is -2.38. The quantitative estimate of drug-likeness (QED) is 0.705. The van der Waals surface area contributed by atoms with Crippen LogP contribution in [0.4, 0.5) is 0 Å². The predicted molar refractivity (Wildman–Crippen MR) is 96.5 cm³/mol. The number of nitrogens with one attached hydrogen (secondary N) is 1. The second-order valence-electron chi connectivity index (χ2n) is 6.53. The molecule has 2 aromatic rings. The molecule has 0 radical (unpaired) electrons. The lowest BCUT2D eigenvalue weighted by Crippen LogP contribution is -2.41. The number of aliphatic hydroxyl groups is 1. The number of primary amides is 1. The maximum Gasteiger partial charge on any atom is 0.255 e. The van der Waals surface area contributed by atoms with Crippen LogP contribution in [0.25, 0.3) is 0 Å². The monoisotopic (exact) mass is 354 g/mol. The molecular weight excluding hydrogens is 332 g/mol. The van der Waals surface area contributed by atoms with Crippen molar-refractivity contribution < 1.29 is 19.4 Å². The molecule has 1 unspecified atom stereocenters. The maximum absolute atomic E-state index is 12.6. The highest BCUT2D eigenvalue weighted by Gasteiger charge is 2.35. The number of amides is 2. The van der Waals surface area contributed by atoms with E-state index in [9.17, 15) is 14.7 Å². The van der Waals surface area contributed by atoms with E-state index in [1.165, 1.54) is 0 Å². The van der Waals surface area contributed by atoms with Crippen LogP contribution in [0.2, 0.25) is 0 Å². The minimum absolute atomic E-state index is 0.141. The first-order valence-corrected chi connectivity index (χ1v) is 8.58. The van der Waals surface area contributed by atoms with Crippen molar-refractivity contribution in [1.82, 2.24) is 5.32 Å². The summed E-state index contributed by atoms with van der Waals surface area (Å²) < 4.78 is 5.20. The van der Waals surface area contributed by atoms with Crippen LogP contribution in [-0.4, -0.2) is 29.6 Å². The third-order valence-electron chi connectivity index (χ3n) is 4.56. The van der Waals surface area contributed by atoms with Crippen molar-refractivity contribution in [1.29, 1.82) is 0 Å². The molecule has 1 aliphatic rings. The van der Waals surface area contributed by atoms with Gasteiger partial charge in [0.2, 0.25) is 0 Å². The summed E-state index contributed by atoms with van der Waals surface area (Å²) in [7, 11) is 0. The molecular formula is C20H22N2O4. The second kappa shape index (κ2) is 8.01. The number of ether oxygens (including phenoxy) is 1. The molecule has 2 amide bonds. The number of hydrogen-bond acceptors (Lipinski definition) is 4. The summed E-state index contributed by atoms with van der Waals surface area (Å²) >= 11 is 0. The smallest absolute Gasteiger partial charge is 0.255 e. The summed E-state index contributed by atoms with van der Waals surface area (Å²) in [6.45, 7) is -0.203. The molecule has 2 aromatic carbocycles. The van der Waals surface area contributed by atoms with Crippen molar-refractivity contribution in [2.24, 2.45) is 11.7 Å². The van der Waals surface area contributed by atoms with E-state index in [-0.39, 0.29) is 30.6 Å². The minimum atomic E-state index is -0.555. The number of carbonyl (C=O) groups excluding carboxylic acids is 2. The first-order valence-electron chi connectivity index (χ1n) is 8.58. The normalized spacial score (nSPS) is 19.9. The van der Waals surface area contributed by atoms with E-state index in [1.807, 2.05) is 30.3 Å². The molecule has 1 fully saturated rings. The standard InChI is InChI=1S/C20H22N2O4/c21-18(24)12-26-17-8-6-14(7-9-17)20(25)22-19(15-10-16(23)11-15)13-4-2-1-3-5-13/h1-9,15-16,19,23H,10-12H2,(H2,21,24)(H,22,25). The van der Waals surface area contributed by atoms with E-state index in [4.69, 9.17) is 10.5 Å². The van der Waals surface area contributed by atoms with E-state index in [0.717, 1.165) is 5.56 Å². The zero-order valence-corrected chi connectivity index (χ0v) is 14.3. The third kappa shape index (κ3) is 4.40. The summed E-state index contributed by atoms with van der Waals surface area (Å²) in [6.07, 6.45) is 1.07. The minimum Gasteiger partial charge on any atom is -0.484 e. The molecule has 136 valence electrons. The van der Waals surface area contributed by atoms with Crippen LogP contribution in [0.1, 0.15) is 34.8 Å². The molecule has 3 rings (SSSR count). The van der Waals surface area contributed by atoms with Crippen LogP contribution < -0.4 is 15.8 Å². The van der Waals surface area contributed by atoms with Crippen LogP contribution in [0.15, 0.2) is 54.6 Å². The van der Waals surface area contributed by atoms with Gasteiger partial charge in [-0.3, -0.25) is 9.59 Å². The van der Waals surface area contributed by atoms with Gasteiger partial charge in [0.15, 0.2) is 6.61 Å². The Morgan fingerprint density at radius 1 is 1.12 bits per heavy atom. The molecule has 26 heavy (non-hydrogen) atoms. The van der Waals surface area contributed by atoms with Crippen LogP contribution in [0.5, 0.6) is 5.75 Å². The van der Waals surface area contributed by atoms with Gasteiger partial charge >= 0.3 is 0 Å². The topological polar surface area (TPSA) is 102 Å². The lowest BCUT2D eigenvalue weighted by molar-refractivity contribution is -0.119. The van der Waals surface area contributed by atoms with Gasteiger partial charge in [0.25, 0.3) is 11.8 Å². The fourth-order valence-electron chi connectivity index (χ4n) is 3.12. The van der Waals surface area contributed by atoms with Gasteiger partial charge < -0.3 is 20.9 Å². The van der Waals surface area contributed by atoms with Crippen molar-refractivity contribution >= 4 is 11.8 Å². The van der Waals surface area contributed by atoms with Gasteiger partial charge in [-0.05, 0) is 48.6 Å². The molecule has 4 N–H and O–H groups in total. The Morgan fingerprint density at radius 3 is 2.35 bits per heavy atom. The third-order valence-corrected chi connectivity index (χ3v) is 4.56. The summed E-state index contributed by atoms with van der Waals surface area (Å²) in [5.74, 6) is -0.0569. The molecule has 1 aliphatic carbocycles. The molecule has 6 nitrogen and oxygen atoms in total. The Balaban J connectivity index is 1.68. The Kier molecular flexibility index (Phi) is 5.53. The van der Waals surface area contributed by atoms with Crippen molar-refractivity contribution in [3.63, 3.8) is 0 Å². The molecule has 0 spiro atoms. The number of nitrogens with two attached hydrogens (primary N) is 1. The largest absolute Gasteiger partial charge is 0.484 e. The SMILES string of the molecule is NC(=O)COc1ccc(C(=O)NC(c2ccccc2)C2CC(O)C2)cc1. The summed E-state index contributed by atoms with van der Waals surface area (Å²) in [4.78, 5) is 23.4. The number of benzene rings is 2. The first kappa shape index (κ1) is 17.9. The van der Waals surface area contributed by atoms with Gasteiger partial charge in [-0.1, -0.05) is 30.3 Å². The van der Waals surface area contributed by atoms with Gasteiger partial charge in [-0.2, -0.15) is 0 Å². The molecule has 0 bridgehead atoms. The van der Waals surface area contributed by atoms with E-state index in [2.05, 4.69) is 5.32 Å². The fourth-order valence-corrected chi connectivity index (χ4v) is 3.12. The van der Waals surface area contributed by atoms with Crippen LogP contribution in [-0.2, 0) is 4.79 Å². The molecule has 6 heteroatoms. The van der Waals surface area contributed by atoms with E-state index in [1.54, 1.807) is 24.3 Å². The summed E-state index contributed by atoms with van der Waals surface area (Å²) in [5.41, 5.74) is 6.56. The van der Waals surface area contributed by atoms with E-state index >= 15 is 0 Å². The number of rotatable bonds is 7. The van der Waals surface area contributed by atoms with Crippen molar-refractivity contribution in [3.05, 3.63) is 65.7 Å². The Labute approximate surface area is 152 Å². The highest BCUT2D eigenvalue weighted by molar-refractivity contribution is 5.94. The predicted octanol–water partition coefficient (Wildman–Crippen LogP) is 1.79. The Morgan fingerprint density at radius 2 is 1.77 bits per heavy atom. The average molecular weight is 354 g/mol. The highest BCUT2D eigenvalue weighted by atomic mass is 16.5. The summed E-state index contributed by atoms with van der Waals surface area (Å²) in [5, 5.41) is 12.7. The van der Waals surface area contributed by atoms with Gasteiger partial charge in [0, 0.05) is 5.56 Å². The highest BCUT2D eigenvalue weighted by Crippen LogP contribution is 2.38. The molecule has 0 heterocycles. The van der Waals surface area contributed by atoms with Gasteiger partial charge in [0.05, 0.1) is 12.1 Å². The zero-order valence-electron chi connectivity index (χ0n) is 14.3. The second-order valence-corrected chi connectivity index (χ2v) is 6.53. The molecule has 0 aliphatic heterocycles. The van der Waals surface area contributed by atoms with Crippen molar-refractivity contribution in [2.45, 2.75) is 25.0 Å². The average Bonchev–Trinajstić information content (AvgIpc) is 2.63. The molecule has 0 saturated heterocycles. The Bertz CT molecular complexity index is 755. The van der Waals surface area contributed by atoms with Crippen molar-refractivity contribution in [3.8, 4) is 5.75 Å². The van der Waals surface area contributed by atoms with Crippen molar-refractivity contribution in [2.75, 3.05) is 6.61 Å². The number of carbonyl (C=O) groups is 2. The fraction of sp³-hybridized carbons (Fsp3) is 0.300. The van der Waals surface area contributed by atoms with E-state index in [0.29, 0.717) is 24.2 Å². The van der Waals surface area contributed by atoms with Gasteiger partial charge in [-0.15, -0.1) is 0 Å². The summed E-state index contributed by atoms with van der Waals surface area (Å²) in [6, 6.07) is 16.2. The Hall–Kier alpha value is -2.86. The molecule has 1 atom stereocenters. The first-order chi connectivity index (χ1) is 12.5. The lowest BCUT2D eigenvalue weighted by atomic mass is 9.75. The number of hydrogen-bond donors (Lipinski definition) is 3.